The molecule has 0 spiro atoms. The zero-order chi connectivity index (χ0) is 32.6. The van der Waals surface area contributed by atoms with Gasteiger partial charge in [0.05, 0.1) is 27.3 Å². The molecule has 0 atom stereocenters. The van der Waals surface area contributed by atoms with Crippen LogP contribution in [0.4, 0.5) is 0 Å². The third-order valence-corrected chi connectivity index (χ3v) is 10.3. The molecule has 0 N–H and O–H groups in total. The van der Waals surface area contributed by atoms with Gasteiger partial charge in [-0.3, -0.25) is 0 Å². The number of thiophene rings is 1. The van der Waals surface area contributed by atoms with Crippen LogP contribution in [0.15, 0.2) is 187 Å². The van der Waals surface area contributed by atoms with E-state index in [0.29, 0.717) is 0 Å². The Morgan fingerprint density at radius 3 is 1.84 bits per heavy atom. The monoisotopic (exact) mass is 642 g/mol. The predicted octanol–water partition coefficient (Wildman–Crippen LogP) is 12.4. The van der Waals surface area contributed by atoms with Gasteiger partial charge in [-0.15, -0.1) is 11.3 Å². The summed E-state index contributed by atoms with van der Waals surface area (Å²) in [4.78, 5) is 10.5. The smallest absolute Gasteiger partial charge is 0.0888 e. The number of nitrogens with zero attached hydrogens (tertiary/aromatic N) is 2. The van der Waals surface area contributed by atoms with Crippen molar-refractivity contribution in [1.82, 2.24) is 4.98 Å². The van der Waals surface area contributed by atoms with E-state index in [0.717, 1.165) is 50.4 Å². The lowest BCUT2D eigenvalue weighted by Crippen LogP contribution is -1.99. The maximum Gasteiger partial charge on any atom is 0.0888 e. The van der Waals surface area contributed by atoms with E-state index in [1.54, 1.807) is 0 Å². The number of rotatable bonds is 5. The number of aromatic nitrogens is 1. The van der Waals surface area contributed by atoms with E-state index in [2.05, 4.69) is 170 Å². The highest BCUT2D eigenvalue weighted by Gasteiger charge is 2.16. The van der Waals surface area contributed by atoms with Crippen molar-refractivity contribution in [2.24, 2.45) is 4.99 Å². The topological polar surface area (TPSA) is 25.2 Å². The number of allylic oxidation sites excluding steroid dienone is 5. The van der Waals surface area contributed by atoms with E-state index in [1.807, 2.05) is 23.5 Å². The molecule has 1 aliphatic rings. The summed E-state index contributed by atoms with van der Waals surface area (Å²) in [6.07, 6.45) is 8.60. The molecule has 0 fully saturated rings. The largest absolute Gasteiger partial charge is 0.248 e. The van der Waals surface area contributed by atoms with Gasteiger partial charge < -0.3 is 0 Å². The lowest BCUT2D eigenvalue weighted by molar-refractivity contribution is 1.43. The van der Waals surface area contributed by atoms with Crippen LogP contribution in [0.5, 0.6) is 0 Å². The minimum atomic E-state index is 0.918. The number of hydrogen-bond acceptors (Lipinski definition) is 3. The highest BCUT2D eigenvalue weighted by molar-refractivity contribution is 7.26. The number of aliphatic imine (C=N–C) groups is 1. The fourth-order valence-electron chi connectivity index (χ4n) is 6.65. The molecule has 0 radical (unpaired) electrons. The molecule has 6 aromatic carbocycles. The van der Waals surface area contributed by atoms with Gasteiger partial charge in [0.25, 0.3) is 0 Å². The van der Waals surface area contributed by atoms with Gasteiger partial charge in [0.1, 0.15) is 0 Å². The molecule has 3 heterocycles. The van der Waals surface area contributed by atoms with Crippen molar-refractivity contribution in [2.75, 3.05) is 0 Å². The van der Waals surface area contributed by atoms with Gasteiger partial charge in [-0.1, -0.05) is 158 Å². The zero-order valence-corrected chi connectivity index (χ0v) is 27.4. The van der Waals surface area contributed by atoms with Crippen LogP contribution in [-0.4, -0.2) is 10.7 Å². The van der Waals surface area contributed by atoms with Gasteiger partial charge in [0, 0.05) is 37.5 Å². The maximum absolute atomic E-state index is 5.24. The molecule has 230 valence electrons. The van der Waals surface area contributed by atoms with Crippen LogP contribution in [0.3, 0.4) is 0 Å². The second-order valence-electron chi connectivity index (χ2n) is 12.2. The lowest BCUT2D eigenvalue weighted by Gasteiger charge is -2.13. The molecule has 0 amide bonds. The first kappa shape index (κ1) is 29.0. The predicted molar refractivity (Wildman–Crippen MR) is 210 cm³/mol. The van der Waals surface area contributed by atoms with Crippen molar-refractivity contribution < 1.29 is 0 Å². The quantitative estimate of drug-likeness (QED) is 0.183. The van der Waals surface area contributed by atoms with Crippen LogP contribution in [0.2, 0.25) is 0 Å². The molecule has 8 aromatic rings. The van der Waals surface area contributed by atoms with Crippen LogP contribution in [0.1, 0.15) is 16.7 Å². The summed E-state index contributed by atoms with van der Waals surface area (Å²) in [7, 11) is 0. The van der Waals surface area contributed by atoms with E-state index < -0.39 is 0 Å². The second kappa shape index (κ2) is 12.5. The number of hydrogen-bond donors (Lipinski definition) is 0. The molecule has 2 aromatic heterocycles. The third-order valence-electron chi connectivity index (χ3n) is 9.13. The first-order valence-corrected chi connectivity index (χ1v) is 17.3. The molecule has 0 aliphatic carbocycles. The Bertz CT molecular complexity index is 2610. The molecule has 0 bridgehead atoms. The van der Waals surface area contributed by atoms with Gasteiger partial charge >= 0.3 is 0 Å². The second-order valence-corrected chi connectivity index (χ2v) is 13.2. The Kier molecular flexibility index (Phi) is 7.38. The Labute approximate surface area is 289 Å². The average Bonchev–Trinajstić information content (AvgIpc) is 3.56. The Hall–Kier alpha value is -6.16. The zero-order valence-electron chi connectivity index (χ0n) is 26.6. The summed E-state index contributed by atoms with van der Waals surface area (Å²) in [5.41, 5.74) is 11.8. The molecular formula is C46H30N2S. The first-order chi connectivity index (χ1) is 24.3. The van der Waals surface area contributed by atoms with Crippen LogP contribution in [0, 0.1) is 0 Å². The molecule has 9 rings (SSSR count). The van der Waals surface area contributed by atoms with Crippen LogP contribution in [0.25, 0.3) is 64.7 Å². The molecule has 49 heavy (non-hydrogen) atoms. The Balaban J connectivity index is 1.13. The fourth-order valence-corrected chi connectivity index (χ4v) is 7.88. The van der Waals surface area contributed by atoms with Crippen LogP contribution in [-0.2, 0) is 0 Å². The van der Waals surface area contributed by atoms with Crippen LogP contribution >= 0.6 is 11.3 Å². The molecule has 1 aliphatic heterocycles. The maximum atomic E-state index is 5.24. The van der Waals surface area contributed by atoms with Crippen molar-refractivity contribution >= 4 is 59.4 Å². The summed E-state index contributed by atoms with van der Waals surface area (Å²) in [5.74, 6) is 0. The van der Waals surface area contributed by atoms with Crippen molar-refractivity contribution in [3.63, 3.8) is 0 Å². The Morgan fingerprint density at radius 2 is 1.06 bits per heavy atom. The van der Waals surface area contributed by atoms with E-state index in [9.17, 15) is 0 Å². The molecular weight excluding hydrogens is 613 g/mol. The average molecular weight is 643 g/mol. The number of fused-ring (bicyclic) bond motifs is 5. The van der Waals surface area contributed by atoms with Crippen molar-refractivity contribution in [1.29, 1.82) is 0 Å². The highest BCUT2D eigenvalue weighted by atomic mass is 32.1. The minimum absolute atomic E-state index is 0.918. The summed E-state index contributed by atoms with van der Waals surface area (Å²) in [6.45, 7) is 0. The third kappa shape index (κ3) is 5.50. The summed E-state index contributed by atoms with van der Waals surface area (Å²) < 4.78 is 2.51. The van der Waals surface area contributed by atoms with Crippen LogP contribution < -0.4 is 0 Å². The van der Waals surface area contributed by atoms with Crippen molar-refractivity contribution in [3.8, 4) is 22.4 Å². The summed E-state index contributed by atoms with van der Waals surface area (Å²) >= 11 is 1.82. The Morgan fingerprint density at radius 1 is 0.469 bits per heavy atom. The summed E-state index contributed by atoms with van der Waals surface area (Å²) in [5, 5.41) is 3.78. The van der Waals surface area contributed by atoms with Gasteiger partial charge in [-0.25, -0.2) is 9.98 Å². The molecule has 0 unspecified atom stereocenters. The van der Waals surface area contributed by atoms with Gasteiger partial charge in [-0.05, 0) is 46.5 Å². The SMILES string of the molecule is C1=CC(c2ccccc2)=N/C(c2ccc(-c3ccccc3)cc2)=C\C(c2ccc(-c3nc4ccccc4c4c3sc3ccccc34)cc2)=C1. The molecule has 0 saturated carbocycles. The molecule has 0 saturated heterocycles. The number of para-hydroxylation sites is 1. The molecule has 2 nitrogen and oxygen atoms in total. The lowest BCUT2D eigenvalue weighted by atomic mass is 9.97. The van der Waals surface area contributed by atoms with Gasteiger partial charge in [-0.2, -0.15) is 0 Å². The first-order valence-electron chi connectivity index (χ1n) is 16.5. The number of benzene rings is 6. The van der Waals surface area contributed by atoms with E-state index in [1.165, 1.54) is 36.7 Å². The standard InChI is InChI=1S/C46H30N2S/c1-3-12-31(13-4-1)32-22-26-35(27-23-32)42-30-37(16-11-20-40(47-42)34-14-5-2-6-15-34)33-24-28-36(29-25-33)45-46-44(38-17-7-9-19-41(38)48-45)39-18-8-10-21-43(39)49-46/h1-30H/b16-11?,20-11?,37-16?,37-30?,40-20?,42-30-,47-40?,47-42?. The van der Waals surface area contributed by atoms with Gasteiger partial charge in [0.15, 0.2) is 0 Å². The van der Waals surface area contributed by atoms with Gasteiger partial charge in [0.2, 0.25) is 0 Å². The minimum Gasteiger partial charge on any atom is -0.248 e. The van der Waals surface area contributed by atoms with E-state index >= 15 is 0 Å². The van der Waals surface area contributed by atoms with Crippen molar-refractivity contribution in [3.05, 3.63) is 199 Å². The van der Waals surface area contributed by atoms with Crippen molar-refractivity contribution in [2.45, 2.75) is 0 Å². The van der Waals surface area contributed by atoms with E-state index in [4.69, 9.17) is 9.98 Å². The fraction of sp³-hybridized carbons (Fsp3) is 0. The normalized spacial score (nSPS) is 14.2. The highest BCUT2D eigenvalue weighted by Crippen LogP contribution is 2.42. The number of pyridine rings is 1. The molecule has 3 heteroatoms. The summed E-state index contributed by atoms with van der Waals surface area (Å²) in [6, 6.07) is 55.6. The van der Waals surface area contributed by atoms with E-state index in [-0.39, 0.29) is 0 Å².